The monoisotopic (exact) mass is 322 g/mol. The summed E-state index contributed by atoms with van der Waals surface area (Å²) in [5, 5.41) is 6.55. The zero-order valence-corrected chi connectivity index (χ0v) is 14.9. The van der Waals surface area contributed by atoms with E-state index in [-0.39, 0.29) is 17.9 Å². The van der Waals surface area contributed by atoms with E-state index in [0.717, 1.165) is 0 Å². The number of oxime groups is 1. The number of rotatable bonds is 6. The van der Waals surface area contributed by atoms with Gasteiger partial charge in [-0.2, -0.15) is 0 Å². The third kappa shape index (κ3) is 6.00. The second-order valence-electron chi connectivity index (χ2n) is 7.34. The summed E-state index contributed by atoms with van der Waals surface area (Å²) in [4.78, 5) is 16.8. The largest absolute Gasteiger partial charge is 0.386 e. The highest BCUT2D eigenvalue weighted by molar-refractivity contribution is 5.92. The highest BCUT2D eigenvalue weighted by Gasteiger charge is 2.22. The van der Waals surface area contributed by atoms with Crippen LogP contribution in [0.25, 0.3) is 0 Å². The molecule has 0 aliphatic rings. The number of hydrogen-bond donors (Lipinski definition) is 1. The summed E-state index contributed by atoms with van der Waals surface area (Å²) in [7, 11) is 0. The number of nitrogens with zero attached hydrogens (tertiary/aromatic N) is 1. The van der Waals surface area contributed by atoms with Gasteiger partial charge in [-0.3, -0.25) is 9.18 Å². The molecule has 0 aliphatic carbocycles. The molecule has 0 aromatic heterocycles. The number of hydrogen-bond acceptors (Lipinski definition) is 3. The normalized spacial score (nSPS) is 12.9. The van der Waals surface area contributed by atoms with E-state index >= 15 is 0 Å². The number of benzene rings is 1. The smallest absolute Gasteiger partial charge is 0.265 e. The van der Waals surface area contributed by atoms with Crippen molar-refractivity contribution in [3.63, 3.8) is 0 Å². The van der Waals surface area contributed by atoms with E-state index in [0.29, 0.717) is 11.4 Å². The lowest BCUT2D eigenvalue weighted by molar-refractivity contribution is -0.120. The number of carbonyl (C=O) groups excluding carboxylic acids is 1. The maximum atomic E-state index is 12.8. The van der Waals surface area contributed by atoms with Crippen molar-refractivity contribution < 1.29 is 14.0 Å². The van der Waals surface area contributed by atoms with Gasteiger partial charge in [-0.25, -0.2) is 0 Å². The summed E-state index contributed by atoms with van der Waals surface area (Å²) in [5.41, 5.74) is 1.81. The van der Waals surface area contributed by atoms with E-state index in [9.17, 15) is 9.18 Å². The molecule has 0 heterocycles. The Kier molecular flexibility index (Phi) is 6.30. The van der Waals surface area contributed by atoms with Crippen LogP contribution in [0.4, 0.5) is 10.1 Å². The number of amides is 1. The Bertz CT molecular complexity index is 557. The van der Waals surface area contributed by atoms with Crippen LogP contribution < -0.4 is 5.32 Å². The molecule has 0 saturated carbocycles. The Hall–Kier alpha value is -1.91. The van der Waals surface area contributed by atoms with Gasteiger partial charge >= 0.3 is 0 Å². The minimum absolute atomic E-state index is 0.0706. The Balaban J connectivity index is 2.53. The highest BCUT2D eigenvalue weighted by atomic mass is 19.1. The second kappa shape index (κ2) is 7.57. The topological polar surface area (TPSA) is 50.7 Å². The van der Waals surface area contributed by atoms with E-state index < -0.39 is 12.1 Å². The number of carbonyl (C=O) groups is 1. The van der Waals surface area contributed by atoms with Crippen LogP contribution in [0.3, 0.4) is 0 Å². The maximum Gasteiger partial charge on any atom is 0.265 e. The first kappa shape index (κ1) is 19.1. The molecular formula is C18H27FN2O2. The SMILES string of the molecule is C/C(=N\OCC(=O)Nc1ccc(C(C)(C)C)cc1)C(C)(C)CF. The molecule has 4 nitrogen and oxygen atoms in total. The zero-order chi connectivity index (χ0) is 17.7. The fourth-order valence-electron chi connectivity index (χ4n) is 1.66. The van der Waals surface area contributed by atoms with E-state index in [2.05, 4.69) is 31.2 Å². The summed E-state index contributed by atoms with van der Waals surface area (Å²) in [6.45, 7) is 10.8. The van der Waals surface area contributed by atoms with Crippen LogP contribution >= 0.6 is 0 Å². The predicted molar refractivity (Wildman–Crippen MR) is 92.6 cm³/mol. The van der Waals surface area contributed by atoms with Gasteiger partial charge in [-0.15, -0.1) is 0 Å². The lowest BCUT2D eigenvalue weighted by Gasteiger charge is -2.19. The van der Waals surface area contributed by atoms with Crippen LogP contribution in [0.2, 0.25) is 0 Å². The van der Waals surface area contributed by atoms with Gasteiger partial charge in [0.25, 0.3) is 5.91 Å². The molecule has 1 rings (SSSR count). The molecule has 5 heteroatoms. The van der Waals surface area contributed by atoms with Crippen molar-refractivity contribution in [3.8, 4) is 0 Å². The van der Waals surface area contributed by atoms with E-state index in [4.69, 9.17) is 4.84 Å². The minimum atomic E-state index is -0.681. The fraction of sp³-hybridized carbons (Fsp3) is 0.556. The lowest BCUT2D eigenvalue weighted by atomic mass is 9.87. The molecule has 128 valence electrons. The van der Waals surface area contributed by atoms with Crippen LogP contribution in [0, 0.1) is 5.41 Å². The molecule has 0 aliphatic heterocycles. The Morgan fingerprint density at radius 2 is 1.74 bits per heavy atom. The molecule has 1 amide bonds. The molecule has 0 atom stereocenters. The molecule has 23 heavy (non-hydrogen) atoms. The molecule has 0 radical (unpaired) electrons. The Labute approximate surface area is 138 Å². The van der Waals surface area contributed by atoms with Gasteiger partial charge in [0.15, 0.2) is 6.61 Å². The van der Waals surface area contributed by atoms with Crippen molar-refractivity contribution in [3.05, 3.63) is 29.8 Å². The van der Waals surface area contributed by atoms with Gasteiger partial charge in [0.05, 0.1) is 12.4 Å². The predicted octanol–water partition coefficient (Wildman–Crippen LogP) is 4.31. The molecule has 1 aromatic rings. The fourth-order valence-corrected chi connectivity index (χ4v) is 1.66. The Morgan fingerprint density at radius 1 is 1.17 bits per heavy atom. The average molecular weight is 322 g/mol. The summed E-state index contributed by atoms with van der Waals surface area (Å²) in [6.07, 6.45) is 0. The molecule has 1 aromatic carbocycles. The third-order valence-electron chi connectivity index (χ3n) is 3.75. The third-order valence-corrected chi connectivity index (χ3v) is 3.75. The average Bonchev–Trinajstić information content (AvgIpc) is 2.46. The van der Waals surface area contributed by atoms with Crippen LogP contribution in [0.1, 0.15) is 47.1 Å². The first-order chi connectivity index (χ1) is 10.6. The number of halogens is 1. The maximum absolute atomic E-state index is 12.8. The first-order valence-corrected chi connectivity index (χ1v) is 7.69. The Morgan fingerprint density at radius 3 is 2.22 bits per heavy atom. The molecule has 0 fully saturated rings. The van der Waals surface area contributed by atoms with Crippen molar-refractivity contribution in [2.45, 2.75) is 47.0 Å². The quantitative estimate of drug-likeness (QED) is 0.626. The van der Waals surface area contributed by atoms with Crippen LogP contribution in [-0.2, 0) is 15.0 Å². The zero-order valence-electron chi connectivity index (χ0n) is 14.9. The lowest BCUT2D eigenvalue weighted by Crippen LogP contribution is -2.25. The van der Waals surface area contributed by atoms with E-state index in [1.807, 2.05) is 24.3 Å². The highest BCUT2D eigenvalue weighted by Crippen LogP contribution is 2.23. The number of alkyl halides is 1. The van der Waals surface area contributed by atoms with Gasteiger partial charge < -0.3 is 10.2 Å². The molecule has 0 saturated heterocycles. The minimum Gasteiger partial charge on any atom is -0.386 e. The second-order valence-corrected chi connectivity index (χ2v) is 7.34. The van der Waals surface area contributed by atoms with E-state index in [1.54, 1.807) is 20.8 Å². The summed E-state index contributed by atoms with van der Waals surface area (Å²) < 4.78 is 12.8. The van der Waals surface area contributed by atoms with E-state index in [1.165, 1.54) is 5.56 Å². The molecule has 1 N–H and O–H groups in total. The van der Waals surface area contributed by atoms with Gasteiger partial charge in [-0.1, -0.05) is 51.9 Å². The molecule has 0 unspecified atom stereocenters. The molecule has 0 spiro atoms. The number of nitrogens with one attached hydrogen (secondary N) is 1. The van der Waals surface area contributed by atoms with Gasteiger partial charge in [0.1, 0.15) is 0 Å². The van der Waals surface area contributed by atoms with Crippen LogP contribution in [0.5, 0.6) is 0 Å². The van der Waals surface area contributed by atoms with Crippen LogP contribution in [-0.4, -0.2) is 24.9 Å². The van der Waals surface area contributed by atoms with Crippen molar-refractivity contribution in [2.24, 2.45) is 10.6 Å². The summed E-state index contributed by atoms with van der Waals surface area (Å²) >= 11 is 0. The number of anilines is 1. The van der Waals surface area contributed by atoms with Crippen molar-refractivity contribution >= 4 is 17.3 Å². The van der Waals surface area contributed by atoms with Gasteiger partial charge in [0.2, 0.25) is 0 Å². The van der Waals surface area contributed by atoms with Crippen molar-refractivity contribution in [1.82, 2.24) is 0 Å². The van der Waals surface area contributed by atoms with Crippen molar-refractivity contribution in [1.29, 1.82) is 0 Å². The van der Waals surface area contributed by atoms with Crippen LogP contribution in [0.15, 0.2) is 29.4 Å². The summed E-state index contributed by atoms with van der Waals surface area (Å²) in [5.74, 6) is -0.303. The standard InChI is InChI=1S/C18H27FN2O2/c1-13(18(5,6)12-19)21-23-11-16(22)20-15-9-7-14(8-10-15)17(2,3)4/h7-10H,11-12H2,1-6H3,(H,20,22)/b21-13+. The van der Waals surface area contributed by atoms with Gasteiger partial charge in [-0.05, 0) is 30.0 Å². The summed E-state index contributed by atoms with van der Waals surface area (Å²) in [6, 6.07) is 7.70. The molecule has 0 bridgehead atoms. The van der Waals surface area contributed by atoms with Crippen molar-refractivity contribution in [2.75, 3.05) is 18.6 Å². The van der Waals surface area contributed by atoms with Gasteiger partial charge in [0, 0.05) is 11.1 Å². The molecular weight excluding hydrogens is 295 g/mol. The first-order valence-electron chi connectivity index (χ1n) is 7.69.